The lowest BCUT2D eigenvalue weighted by Crippen LogP contribution is -2.35. The third-order valence-corrected chi connectivity index (χ3v) is 4.66. The summed E-state index contributed by atoms with van der Waals surface area (Å²) in [5.41, 5.74) is 6.16. The molecular formula is C20H24ClN3. The van der Waals surface area contributed by atoms with Crippen LogP contribution in [-0.2, 0) is 0 Å². The van der Waals surface area contributed by atoms with Gasteiger partial charge in [-0.05, 0) is 62.2 Å². The van der Waals surface area contributed by atoms with E-state index in [4.69, 9.17) is 0 Å². The van der Waals surface area contributed by atoms with E-state index in [1.54, 1.807) is 0 Å². The van der Waals surface area contributed by atoms with Gasteiger partial charge in [-0.3, -0.25) is 0 Å². The van der Waals surface area contributed by atoms with Gasteiger partial charge in [0.05, 0.1) is 11.2 Å². The molecule has 0 unspecified atom stereocenters. The van der Waals surface area contributed by atoms with Crippen molar-refractivity contribution in [1.82, 2.24) is 10.3 Å². The van der Waals surface area contributed by atoms with Crippen molar-refractivity contribution in [3.8, 4) is 11.3 Å². The molecule has 0 atom stereocenters. The van der Waals surface area contributed by atoms with Crippen molar-refractivity contribution in [3.63, 3.8) is 0 Å². The van der Waals surface area contributed by atoms with Crippen LogP contribution in [0.1, 0.15) is 18.4 Å². The maximum atomic E-state index is 3.76. The molecule has 0 amide bonds. The molecule has 4 heteroatoms. The van der Waals surface area contributed by atoms with Crippen LogP contribution >= 0.6 is 12.4 Å². The van der Waals surface area contributed by atoms with E-state index < -0.39 is 0 Å². The molecule has 0 aliphatic carbocycles. The van der Waals surface area contributed by atoms with E-state index >= 15 is 0 Å². The minimum absolute atomic E-state index is 0. The molecule has 3 nitrogen and oxygen atoms in total. The fourth-order valence-electron chi connectivity index (χ4n) is 3.47. The Balaban J connectivity index is 0.00000169. The van der Waals surface area contributed by atoms with Crippen LogP contribution in [0, 0.1) is 6.92 Å². The number of rotatable bonds is 3. The number of benzene rings is 2. The molecular weight excluding hydrogens is 318 g/mol. The summed E-state index contributed by atoms with van der Waals surface area (Å²) in [6.07, 6.45) is 2.36. The molecule has 3 N–H and O–H groups in total. The van der Waals surface area contributed by atoms with Crippen LogP contribution in [-0.4, -0.2) is 24.1 Å². The highest BCUT2D eigenvalue weighted by molar-refractivity contribution is 5.95. The van der Waals surface area contributed by atoms with Gasteiger partial charge in [-0.2, -0.15) is 0 Å². The molecule has 3 aromatic rings. The average Bonchev–Trinajstić information content (AvgIpc) is 3.01. The number of aromatic amines is 1. The van der Waals surface area contributed by atoms with Gasteiger partial charge >= 0.3 is 0 Å². The summed E-state index contributed by atoms with van der Waals surface area (Å²) in [5.74, 6) is 0. The second-order valence-electron chi connectivity index (χ2n) is 6.49. The standard InChI is InChI=1S/C20H23N3.ClH/c1-14-11-16-13-18(15-5-3-2-4-6-15)23-20(16)19(12-14)22-17-7-9-21-10-8-17;/h2-6,11-13,17,21-23H,7-10H2,1H3;1H. The molecule has 2 aromatic carbocycles. The van der Waals surface area contributed by atoms with E-state index in [2.05, 4.69) is 71.1 Å². The molecule has 2 heterocycles. The molecule has 4 rings (SSSR count). The first-order valence-corrected chi connectivity index (χ1v) is 8.46. The smallest absolute Gasteiger partial charge is 0.0694 e. The van der Waals surface area contributed by atoms with E-state index in [9.17, 15) is 0 Å². The molecule has 1 saturated heterocycles. The number of hydrogen-bond acceptors (Lipinski definition) is 2. The first-order chi connectivity index (χ1) is 11.3. The second-order valence-corrected chi connectivity index (χ2v) is 6.49. The quantitative estimate of drug-likeness (QED) is 0.644. The first-order valence-electron chi connectivity index (χ1n) is 8.46. The van der Waals surface area contributed by atoms with Gasteiger partial charge in [0, 0.05) is 17.1 Å². The van der Waals surface area contributed by atoms with Crippen LogP contribution in [0.3, 0.4) is 0 Å². The van der Waals surface area contributed by atoms with Gasteiger partial charge in [-0.25, -0.2) is 0 Å². The third kappa shape index (κ3) is 3.42. The Morgan fingerprint density at radius 3 is 2.50 bits per heavy atom. The number of piperidine rings is 1. The molecule has 126 valence electrons. The SMILES string of the molecule is Cc1cc(NC2CCNCC2)c2[nH]c(-c3ccccc3)cc2c1.Cl. The van der Waals surface area contributed by atoms with Gasteiger partial charge in [-0.1, -0.05) is 30.3 Å². The fraction of sp³-hybridized carbons (Fsp3) is 0.300. The third-order valence-electron chi connectivity index (χ3n) is 4.66. The number of aryl methyl sites for hydroxylation is 1. The monoisotopic (exact) mass is 341 g/mol. The predicted octanol–water partition coefficient (Wildman–Crippen LogP) is 4.73. The predicted molar refractivity (Wildman–Crippen MR) is 105 cm³/mol. The Morgan fingerprint density at radius 1 is 1.00 bits per heavy atom. The molecule has 1 fully saturated rings. The van der Waals surface area contributed by atoms with E-state index in [1.807, 2.05) is 0 Å². The minimum Gasteiger partial charge on any atom is -0.381 e. The highest BCUT2D eigenvalue weighted by atomic mass is 35.5. The van der Waals surface area contributed by atoms with E-state index in [1.165, 1.54) is 46.3 Å². The highest BCUT2D eigenvalue weighted by Crippen LogP contribution is 2.31. The molecule has 24 heavy (non-hydrogen) atoms. The Hall–Kier alpha value is -1.97. The zero-order valence-corrected chi connectivity index (χ0v) is 14.7. The minimum atomic E-state index is 0. The van der Waals surface area contributed by atoms with Gasteiger partial charge in [-0.15, -0.1) is 12.4 Å². The van der Waals surface area contributed by atoms with Crippen molar-refractivity contribution < 1.29 is 0 Å². The number of anilines is 1. The number of hydrogen-bond donors (Lipinski definition) is 3. The van der Waals surface area contributed by atoms with Crippen molar-refractivity contribution in [2.24, 2.45) is 0 Å². The lowest BCUT2D eigenvalue weighted by molar-refractivity contribution is 0.479. The summed E-state index contributed by atoms with van der Waals surface area (Å²) in [5, 5.41) is 8.46. The summed E-state index contributed by atoms with van der Waals surface area (Å²) in [4.78, 5) is 3.62. The zero-order chi connectivity index (χ0) is 15.6. The maximum Gasteiger partial charge on any atom is 0.0694 e. The summed E-state index contributed by atoms with van der Waals surface area (Å²) in [6, 6.07) is 17.9. The van der Waals surface area contributed by atoms with Crippen LogP contribution in [0.25, 0.3) is 22.2 Å². The van der Waals surface area contributed by atoms with Crippen LogP contribution in [0.4, 0.5) is 5.69 Å². The summed E-state index contributed by atoms with van der Waals surface area (Å²) in [6.45, 7) is 4.38. The van der Waals surface area contributed by atoms with Gasteiger partial charge in [0.2, 0.25) is 0 Å². The van der Waals surface area contributed by atoms with Crippen LogP contribution < -0.4 is 10.6 Å². The zero-order valence-electron chi connectivity index (χ0n) is 13.9. The number of nitrogens with one attached hydrogen (secondary N) is 3. The molecule has 1 aliphatic rings. The average molecular weight is 342 g/mol. The summed E-state index contributed by atoms with van der Waals surface area (Å²) < 4.78 is 0. The van der Waals surface area contributed by atoms with Gasteiger partial charge in [0.1, 0.15) is 0 Å². The van der Waals surface area contributed by atoms with Crippen molar-refractivity contribution in [1.29, 1.82) is 0 Å². The molecule has 1 aromatic heterocycles. The van der Waals surface area contributed by atoms with Crippen LogP contribution in [0.15, 0.2) is 48.5 Å². The van der Waals surface area contributed by atoms with Gasteiger partial charge in [0.15, 0.2) is 0 Å². The second kappa shape index (κ2) is 7.29. The summed E-state index contributed by atoms with van der Waals surface area (Å²) >= 11 is 0. The van der Waals surface area contributed by atoms with Crippen LogP contribution in [0.5, 0.6) is 0 Å². The topological polar surface area (TPSA) is 39.8 Å². The lowest BCUT2D eigenvalue weighted by Gasteiger charge is -2.25. The Morgan fingerprint density at radius 2 is 1.75 bits per heavy atom. The largest absolute Gasteiger partial charge is 0.381 e. The van der Waals surface area contributed by atoms with Crippen LogP contribution in [0.2, 0.25) is 0 Å². The highest BCUT2D eigenvalue weighted by Gasteiger charge is 2.15. The maximum absolute atomic E-state index is 3.76. The molecule has 1 aliphatic heterocycles. The number of aromatic nitrogens is 1. The Labute approximate surface area is 149 Å². The van der Waals surface area contributed by atoms with E-state index in [0.29, 0.717) is 6.04 Å². The van der Waals surface area contributed by atoms with Gasteiger partial charge < -0.3 is 15.6 Å². The Kier molecular flexibility index (Phi) is 5.12. The first kappa shape index (κ1) is 16.9. The van der Waals surface area contributed by atoms with Crippen molar-refractivity contribution in [3.05, 3.63) is 54.1 Å². The molecule has 0 saturated carbocycles. The summed E-state index contributed by atoms with van der Waals surface area (Å²) in [7, 11) is 0. The molecule has 0 bridgehead atoms. The van der Waals surface area contributed by atoms with Gasteiger partial charge in [0.25, 0.3) is 0 Å². The van der Waals surface area contributed by atoms with E-state index in [0.717, 1.165) is 13.1 Å². The fourth-order valence-corrected chi connectivity index (χ4v) is 3.47. The van der Waals surface area contributed by atoms with Crippen molar-refractivity contribution >= 4 is 29.0 Å². The number of fused-ring (bicyclic) bond motifs is 1. The van der Waals surface area contributed by atoms with E-state index in [-0.39, 0.29) is 12.4 Å². The normalized spacial score (nSPS) is 15.2. The lowest BCUT2D eigenvalue weighted by atomic mass is 10.1. The molecule has 0 radical (unpaired) electrons. The van der Waals surface area contributed by atoms with Crippen molar-refractivity contribution in [2.45, 2.75) is 25.8 Å². The number of H-pyrrole nitrogens is 1. The Bertz CT molecular complexity index is 804. The van der Waals surface area contributed by atoms with Crippen molar-refractivity contribution in [2.75, 3.05) is 18.4 Å². The number of halogens is 1. The molecule has 0 spiro atoms.